The zero-order valence-electron chi connectivity index (χ0n) is 9.96. The molecule has 88 valence electrons. The van der Waals surface area contributed by atoms with Crippen molar-refractivity contribution in [1.29, 1.82) is 0 Å². The molecule has 0 saturated carbocycles. The van der Waals surface area contributed by atoms with Crippen molar-refractivity contribution in [2.45, 2.75) is 39.7 Å². The maximum atomic E-state index is 11.7. The van der Waals surface area contributed by atoms with E-state index >= 15 is 0 Å². The van der Waals surface area contributed by atoms with Crippen molar-refractivity contribution in [2.24, 2.45) is 0 Å². The molecule has 0 unspecified atom stereocenters. The fourth-order valence-electron chi connectivity index (χ4n) is 1.29. The summed E-state index contributed by atoms with van der Waals surface area (Å²) < 4.78 is 0. The number of H-pyrrole nitrogens is 1. The van der Waals surface area contributed by atoms with Crippen LogP contribution in [0.15, 0.2) is 12.3 Å². The quantitative estimate of drug-likeness (QED) is 0.750. The molecule has 0 aliphatic carbocycles. The van der Waals surface area contributed by atoms with E-state index in [0.717, 1.165) is 6.42 Å². The van der Waals surface area contributed by atoms with Gasteiger partial charge in [-0.15, -0.1) is 0 Å². The largest absolute Gasteiger partial charge is 0.356 e. The Morgan fingerprint density at radius 2 is 2.12 bits per heavy atom. The number of aromatic nitrogens is 1. The minimum Gasteiger partial charge on any atom is -0.356 e. The van der Waals surface area contributed by atoms with Crippen molar-refractivity contribution < 1.29 is 9.59 Å². The Labute approximate surface area is 95.4 Å². The highest BCUT2D eigenvalue weighted by Gasteiger charge is 2.12. The first-order chi connectivity index (χ1) is 7.58. The molecule has 0 radical (unpaired) electrons. The van der Waals surface area contributed by atoms with E-state index in [4.69, 9.17) is 0 Å². The van der Waals surface area contributed by atoms with Crippen molar-refractivity contribution >= 4 is 11.7 Å². The summed E-state index contributed by atoms with van der Waals surface area (Å²) in [5, 5.41) is 2.83. The van der Waals surface area contributed by atoms with Crippen LogP contribution in [0.3, 0.4) is 0 Å². The summed E-state index contributed by atoms with van der Waals surface area (Å²) in [6.07, 6.45) is 2.91. The molecule has 1 atom stereocenters. The predicted octanol–water partition coefficient (Wildman–Crippen LogP) is 2.14. The molecule has 16 heavy (non-hydrogen) atoms. The van der Waals surface area contributed by atoms with E-state index in [1.807, 2.05) is 13.8 Å². The van der Waals surface area contributed by atoms with Gasteiger partial charge >= 0.3 is 0 Å². The minimum atomic E-state index is -0.162. The number of carbonyl (C=O) groups is 2. The lowest BCUT2D eigenvalue weighted by molar-refractivity contribution is 0.0934. The number of amides is 1. The van der Waals surface area contributed by atoms with Gasteiger partial charge in [-0.05, 0) is 19.4 Å². The van der Waals surface area contributed by atoms with Gasteiger partial charge < -0.3 is 10.3 Å². The van der Waals surface area contributed by atoms with Gasteiger partial charge in [-0.3, -0.25) is 9.59 Å². The Bertz CT molecular complexity index is 382. The van der Waals surface area contributed by atoms with E-state index in [9.17, 15) is 9.59 Å². The van der Waals surface area contributed by atoms with Crippen molar-refractivity contribution in [1.82, 2.24) is 10.3 Å². The van der Waals surface area contributed by atoms with Crippen LogP contribution in [0.5, 0.6) is 0 Å². The summed E-state index contributed by atoms with van der Waals surface area (Å²) in [6.45, 7) is 5.75. The molecule has 0 bridgehead atoms. The first-order valence-electron chi connectivity index (χ1n) is 5.60. The number of hydrogen-bond donors (Lipinski definition) is 2. The van der Waals surface area contributed by atoms with Crippen LogP contribution in [-0.4, -0.2) is 22.7 Å². The Morgan fingerprint density at radius 3 is 2.69 bits per heavy atom. The molecule has 4 nitrogen and oxygen atoms in total. The van der Waals surface area contributed by atoms with Gasteiger partial charge in [-0.1, -0.05) is 13.8 Å². The number of hydrogen-bond acceptors (Lipinski definition) is 2. The van der Waals surface area contributed by atoms with Gasteiger partial charge in [0.05, 0.1) is 0 Å². The summed E-state index contributed by atoms with van der Waals surface area (Å²) in [6, 6.07) is 1.74. The Kier molecular flexibility index (Phi) is 4.28. The third kappa shape index (κ3) is 2.95. The number of carbonyl (C=O) groups excluding carboxylic acids is 2. The number of Topliss-reactive ketones (excluding diaryl/α,β-unsaturated/α-hetero) is 1. The molecule has 1 heterocycles. The van der Waals surface area contributed by atoms with Gasteiger partial charge in [0.15, 0.2) is 5.78 Å². The maximum Gasteiger partial charge on any atom is 0.267 e. The van der Waals surface area contributed by atoms with Crippen LogP contribution in [0, 0.1) is 0 Å². The van der Waals surface area contributed by atoms with Gasteiger partial charge in [-0.2, -0.15) is 0 Å². The van der Waals surface area contributed by atoms with Crippen molar-refractivity contribution in [3.63, 3.8) is 0 Å². The second kappa shape index (κ2) is 5.49. The molecule has 1 aromatic heterocycles. The monoisotopic (exact) mass is 222 g/mol. The number of rotatable bonds is 5. The highest BCUT2D eigenvalue weighted by molar-refractivity contribution is 6.00. The average Bonchev–Trinajstić information content (AvgIpc) is 2.77. The van der Waals surface area contributed by atoms with Gasteiger partial charge in [0.2, 0.25) is 0 Å². The SMILES string of the molecule is CCC(=O)c1c[nH]c(C(=O)N[C@H](C)CC)c1. The van der Waals surface area contributed by atoms with Gasteiger partial charge in [-0.25, -0.2) is 0 Å². The van der Waals surface area contributed by atoms with Gasteiger partial charge in [0.1, 0.15) is 5.69 Å². The minimum absolute atomic E-state index is 0.0406. The number of nitrogens with one attached hydrogen (secondary N) is 2. The Morgan fingerprint density at radius 1 is 1.44 bits per heavy atom. The normalized spacial score (nSPS) is 12.2. The van der Waals surface area contributed by atoms with E-state index in [2.05, 4.69) is 10.3 Å². The second-order valence-corrected chi connectivity index (χ2v) is 3.86. The molecule has 0 aromatic carbocycles. The highest BCUT2D eigenvalue weighted by atomic mass is 16.2. The lowest BCUT2D eigenvalue weighted by atomic mass is 10.1. The van der Waals surface area contributed by atoms with E-state index in [-0.39, 0.29) is 17.7 Å². The van der Waals surface area contributed by atoms with E-state index < -0.39 is 0 Å². The molecular formula is C12H18N2O2. The fourth-order valence-corrected chi connectivity index (χ4v) is 1.29. The van der Waals surface area contributed by atoms with E-state index in [0.29, 0.717) is 17.7 Å². The van der Waals surface area contributed by atoms with E-state index in [1.54, 1.807) is 19.2 Å². The summed E-state index contributed by atoms with van der Waals surface area (Å²) in [7, 11) is 0. The zero-order chi connectivity index (χ0) is 12.1. The standard InChI is InChI=1S/C12H18N2O2/c1-4-8(3)14-12(16)10-6-9(7-13-10)11(15)5-2/h6-8,13H,4-5H2,1-3H3,(H,14,16)/t8-/m1/s1. The molecule has 4 heteroatoms. The molecule has 0 spiro atoms. The first-order valence-corrected chi connectivity index (χ1v) is 5.60. The van der Waals surface area contributed by atoms with E-state index in [1.165, 1.54) is 0 Å². The number of aromatic amines is 1. The fraction of sp³-hybridized carbons (Fsp3) is 0.500. The van der Waals surface area contributed by atoms with Gasteiger partial charge in [0.25, 0.3) is 5.91 Å². The van der Waals surface area contributed by atoms with Gasteiger partial charge in [0, 0.05) is 24.2 Å². The first kappa shape index (κ1) is 12.5. The Balaban J connectivity index is 2.70. The number of ketones is 1. The molecule has 1 rings (SSSR count). The smallest absolute Gasteiger partial charge is 0.267 e. The molecule has 0 aliphatic rings. The summed E-state index contributed by atoms with van der Waals surface area (Å²) >= 11 is 0. The predicted molar refractivity (Wildman–Crippen MR) is 62.6 cm³/mol. The molecule has 0 fully saturated rings. The molecule has 1 aromatic rings. The Hall–Kier alpha value is -1.58. The highest BCUT2D eigenvalue weighted by Crippen LogP contribution is 2.06. The zero-order valence-corrected chi connectivity index (χ0v) is 9.96. The lowest BCUT2D eigenvalue weighted by Crippen LogP contribution is -2.32. The second-order valence-electron chi connectivity index (χ2n) is 3.86. The van der Waals surface area contributed by atoms with Crippen LogP contribution in [0.25, 0.3) is 0 Å². The third-order valence-electron chi connectivity index (χ3n) is 2.56. The topological polar surface area (TPSA) is 62.0 Å². The van der Waals surface area contributed by atoms with Crippen LogP contribution in [0.2, 0.25) is 0 Å². The molecule has 0 aliphatic heterocycles. The summed E-state index contributed by atoms with van der Waals surface area (Å²) in [5.41, 5.74) is 1.01. The van der Waals surface area contributed by atoms with Crippen LogP contribution < -0.4 is 5.32 Å². The van der Waals surface area contributed by atoms with Crippen molar-refractivity contribution in [3.05, 3.63) is 23.5 Å². The van der Waals surface area contributed by atoms with Crippen LogP contribution in [-0.2, 0) is 0 Å². The third-order valence-corrected chi connectivity index (χ3v) is 2.56. The van der Waals surface area contributed by atoms with Crippen molar-refractivity contribution in [3.8, 4) is 0 Å². The molecule has 0 saturated heterocycles. The van der Waals surface area contributed by atoms with Crippen LogP contribution in [0.4, 0.5) is 0 Å². The summed E-state index contributed by atoms with van der Waals surface area (Å²) in [5.74, 6) is -0.122. The molecule has 2 N–H and O–H groups in total. The maximum absolute atomic E-state index is 11.7. The molecular weight excluding hydrogens is 204 g/mol. The lowest BCUT2D eigenvalue weighted by Gasteiger charge is -2.09. The van der Waals surface area contributed by atoms with Crippen LogP contribution in [0.1, 0.15) is 54.5 Å². The van der Waals surface area contributed by atoms with Crippen molar-refractivity contribution in [2.75, 3.05) is 0 Å². The average molecular weight is 222 g/mol. The molecule has 1 amide bonds. The van der Waals surface area contributed by atoms with Crippen LogP contribution >= 0.6 is 0 Å². The summed E-state index contributed by atoms with van der Waals surface area (Å²) in [4.78, 5) is 25.9.